The first kappa shape index (κ1) is 15.2. The van der Waals surface area contributed by atoms with Gasteiger partial charge in [0.15, 0.2) is 0 Å². The Balaban J connectivity index is 0.00000162. The summed E-state index contributed by atoms with van der Waals surface area (Å²) in [4.78, 5) is 11.7. The van der Waals surface area contributed by atoms with Crippen molar-refractivity contribution in [1.29, 1.82) is 0 Å². The second-order valence-electron chi connectivity index (χ2n) is 4.13. The lowest BCUT2D eigenvalue weighted by atomic mass is 10.2. The Kier molecular flexibility index (Phi) is 5.85. The Labute approximate surface area is 116 Å². The van der Waals surface area contributed by atoms with Crippen LogP contribution in [0.4, 0.5) is 4.39 Å². The molecule has 1 aromatic rings. The van der Waals surface area contributed by atoms with E-state index < -0.39 is 11.7 Å². The van der Waals surface area contributed by atoms with Gasteiger partial charge in [-0.15, -0.1) is 12.4 Å². The smallest absolute Gasteiger partial charge is 0.254 e. The molecule has 1 aliphatic heterocycles. The lowest BCUT2D eigenvalue weighted by Crippen LogP contribution is -2.37. The van der Waals surface area contributed by atoms with Gasteiger partial charge in [0.2, 0.25) is 0 Å². The number of benzene rings is 1. The maximum atomic E-state index is 13.4. The number of halogens is 3. The van der Waals surface area contributed by atoms with Crippen LogP contribution in [0.3, 0.4) is 0 Å². The molecule has 0 aromatic heterocycles. The van der Waals surface area contributed by atoms with E-state index in [9.17, 15) is 9.18 Å². The molecule has 1 amide bonds. The number of carbonyl (C=O) groups is 1. The minimum atomic E-state index is -0.550. The van der Waals surface area contributed by atoms with Gasteiger partial charge < -0.3 is 10.6 Å². The summed E-state index contributed by atoms with van der Waals surface area (Å²) >= 11 is 5.73. The van der Waals surface area contributed by atoms with E-state index in [1.165, 1.54) is 18.2 Å². The molecule has 0 radical (unpaired) electrons. The fraction of sp³-hybridized carbons (Fsp3) is 0.417. The first-order chi connectivity index (χ1) is 8.16. The minimum Gasteiger partial charge on any atom is -0.350 e. The molecule has 100 valence electrons. The Morgan fingerprint density at radius 1 is 1.56 bits per heavy atom. The molecule has 1 aliphatic rings. The average Bonchev–Trinajstić information content (AvgIpc) is 2.82. The molecule has 0 saturated carbocycles. The van der Waals surface area contributed by atoms with Gasteiger partial charge in [0.25, 0.3) is 5.91 Å². The van der Waals surface area contributed by atoms with Gasteiger partial charge in [0.1, 0.15) is 5.82 Å². The quantitative estimate of drug-likeness (QED) is 0.898. The Morgan fingerprint density at radius 3 is 3.00 bits per heavy atom. The normalized spacial score (nSPS) is 18.2. The highest BCUT2D eigenvalue weighted by Crippen LogP contribution is 2.14. The Morgan fingerprint density at radius 2 is 2.33 bits per heavy atom. The number of nitrogens with one attached hydrogen (secondary N) is 2. The molecular formula is C12H15Cl2FN2O. The summed E-state index contributed by atoms with van der Waals surface area (Å²) in [5, 5.41) is 6.32. The SMILES string of the molecule is Cl.O=C(NCC1CCCN1)c1cc(Cl)ccc1F. The molecule has 2 rings (SSSR count). The summed E-state index contributed by atoms with van der Waals surface area (Å²) in [6, 6.07) is 4.26. The second-order valence-corrected chi connectivity index (χ2v) is 4.56. The fourth-order valence-electron chi connectivity index (χ4n) is 1.91. The Bertz CT molecular complexity index is 423. The van der Waals surface area contributed by atoms with Gasteiger partial charge in [-0.05, 0) is 37.6 Å². The molecule has 1 saturated heterocycles. The number of carbonyl (C=O) groups excluding carboxylic acids is 1. The van der Waals surface area contributed by atoms with Crippen molar-refractivity contribution in [3.8, 4) is 0 Å². The standard InChI is InChI=1S/C12H14ClFN2O.ClH/c13-8-3-4-11(14)10(6-8)12(17)16-7-9-2-1-5-15-9;/h3-4,6,9,15H,1-2,5,7H2,(H,16,17);1H. The molecule has 2 N–H and O–H groups in total. The molecule has 1 heterocycles. The maximum Gasteiger partial charge on any atom is 0.254 e. The van der Waals surface area contributed by atoms with E-state index in [1.54, 1.807) is 0 Å². The van der Waals surface area contributed by atoms with E-state index in [-0.39, 0.29) is 18.0 Å². The molecular weight excluding hydrogens is 278 g/mol. The van der Waals surface area contributed by atoms with Crippen LogP contribution in [0.1, 0.15) is 23.2 Å². The summed E-state index contributed by atoms with van der Waals surface area (Å²) < 4.78 is 13.4. The molecule has 0 spiro atoms. The summed E-state index contributed by atoms with van der Waals surface area (Å²) in [6.45, 7) is 1.50. The third-order valence-electron chi connectivity index (χ3n) is 2.84. The molecule has 1 unspecified atom stereocenters. The zero-order valence-corrected chi connectivity index (χ0v) is 11.3. The summed E-state index contributed by atoms with van der Waals surface area (Å²) in [5.74, 6) is -0.968. The number of amides is 1. The van der Waals surface area contributed by atoms with Crippen molar-refractivity contribution in [2.24, 2.45) is 0 Å². The van der Waals surface area contributed by atoms with Crippen molar-refractivity contribution in [2.75, 3.05) is 13.1 Å². The highest BCUT2D eigenvalue weighted by atomic mass is 35.5. The van der Waals surface area contributed by atoms with E-state index >= 15 is 0 Å². The van der Waals surface area contributed by atoms with Crippen LogP contribution in [0.25, 0.3) is 0 Å². The van der Waals surface area contributed by atoms with E-state index in [0.717, 1.165) is 19.4 Å². The zero-order valence-electron chi connectivity index (χ0n) is 9.71. The van der Waals surface area contributed by atoms with E-state index in [2.05, 4.69) is 10.6 Å². The zero-order chi connectivity index (χ0) is 12.3. The van der Waals surface area contributed by atoms with Crippen LogP contribution in [-0.4, -0.2) is 25.0 Å². The highest BCUT2D eigenvalue weighted by molar-refractivity contribution is 6.30. The van der Waals surface area contributed by atoms with Crippen molar-refractivity contribution in [2.45, 2.75) is 18.9 Å². The van der Waals surface area contributed by atoms with Gasteiger partial charge in [-0.1, -0.05) is 11.6 Å². The van der Waals surface area contributed by atoms with Crippen molar-refractivity contribution < 1.29 is 9.18 Å². The van der Waals surface area contributed by atoms with E-state index in [4.69, 9.17) is 11.6 Å². The average molecular weight is 293 g/mol. The monoisotopic (exact) mass is 292 g/mol. The number of hydrogen-bond acceptors (Lipinski definition) is 2. The predicted molar refractivity (Wildman–Crippen MR) is 72.0 cm³/mol. The molecule has 0 aliphatic carbocycles. The molecule has 0 bridgehead atoms. The highest BCUT2D eigenvalue weighted by Gasteiger charge is 2.17. The lowest BCUT2D eigenvalue weighted by molar-refractivity contribution is 0.0946. The number of rotatable bonds is 3. The van der Waals surface area contributed by atoms with Crippen LogP contribution in [0.2, 0.25) is 5.02 Å². The molecule has 1 fully saturated rings. The third kappa shape index (κ3) is 3.83. The van der Waals surface area contributed by atoms with Crippen LogP contribution in [0.5, 0.6) is 0 Å². The van der Waals surface area contributed by atoms with Crippen molar-refractivity contribution in [3.05, 3.63) is 34.6 Å². The first-order valence-corrected chi connectivity index (χ1v) is 6.01. The van der Waals surface area contributed by atoms with Crippen molar-refractivity contribution in [1.82, 2.24) is 10.6 Å². The van der Waals surface area contributed by atoms with Crippen LogP contribution in [0.15, 0.2) is 18.2 Å². The Hall–Kier alpha value is -0.840. The second kappa shape index (κ2) is 6.92. The largest absolute Gasteiger partial charge is 0.350 e. The molecule has 18 heavy (non-hydrogen) atoms. The fourth-order valence-corrected chi connectivity index (χ4v) is 2.09. The molecule has 1 atom stereocenters. The van der Waals surface area contributed by atoms with Crippen LogP contribution < -0.4 is 10.6 Å². The molecule has 1 aromatic carbocycles. The van der Waals surface area contributed by atoms with Crippen LogP contribution >= 0.6 is 24.0 Å². The van der Waals surface area contributed by atoms with Gasteiger partial charge in [-0.25, -0.2) is 4.39 Å². The van der Waals surface area contributed by atoms with Gasteiger partial charge >= 0.3 is 0 Å². The summed E-state index contributed by atoms with van der Waals surface area (Å²) in [6.07, 6.45) is 2.16. The van der Waals surface area contributed by atoms with Gasteiger partial charge in [0.05, 0.1) is 5.56 Å². The van der Waals surface area contributed by atoms with Crippen LogP contribution in [0, 0.1) is 5.82 Å². The van der Waals surface area contributed by atoms with E-state index in [1.807, 2.05) is 0 Å². The van der Waals surface area contributed by atoms with Gasteiger partial charge in [0, 0.05) is 17.6 Å². The maximum absolute atomic E-state index is 13.4. The van der Waals surface area contributed by atoms with Crippen molar-refractivity contribution >= 4 is 29.9 Å². The number of hydrogen-bond donors (Lipinski definition) is 2. The molecule has 3 nitrogen and oxygen atoms in total. The summed E-state index contributed by atoms with van der Waals surface area (Å²) in [5.41, 5.74) is -0.00417. The van der Waals surface area contributed by atoms with Gasteiger partial charge in [-0.3, -0.25) is 4.79 Å². The predicted octanol–water partition coefficient (Wildman–Crippen LogP) is 2.38. The summed E-state index contributed by atoms with van der Waals surface area (Å²) in [7, 11) is 0. The third-order valence-corrected chi connectivity index (χ3v) is 3.08. The van der Waals surface area contributed by atoms with E-state index in [0.29, 0.717) is 17.6 Å². The van der Waals surface area contributed by atoms with Gasteiger partial charge in [-0.2, -0.15) is 0 Å². The first-order valence-electron chi connectivity index (χ1n) is 5.63. The minimum absolute atomic E-state index is 0. The van der Waals surface area contributed by atoms with Crippen LogP contribution in [-0.2, 0) is 0 Å². The molecule has 6 heteroatoms. The topological polar surface area (TPSA) is 41.1 Å². The lowest BCUT2D eigenvalue weighted by Gasteiger charge is -2.11. The van der Waals surface area contributed by atoms with Crippen molar-refractivity contribution in [3.63, 3.8) is 0 Å².